The molecule has 0 N–H and O–H groups in total. The van der Waals surface area contributed by atoms with Crippen LogP contribution in [-0.2, 0) is 14.3 Å². The number of carboxylic acids is 1. The number of hydrogen-bond donors (Lipinski definition) is 0. The highest BCUT2D eigenvalue weighted by Crippen LogP contribution is 1.99. The number of ether oxygens (including phenoxy) is 1. The molecule has 0 saturated heterocycles. The topological polar surface area (TPSA) is 66.4 Å². The largest absolute Gasteiger partial charge is 0.550 e. The summed E-state index contributed by atoms with van der Waals surface area (Å²) in [4.78, 5) is 21.4. The van der Waals surface area contributed by atoms with Gasteiger partial charge >= 0.3 is 5.97 Å². The van der Waals surface area contributed by atoms with Crippen LogP contribution in [0.25, 0.3) is 0 Å². The normalized spacial score (nSPS) is 12.2. The molecule has 31 heavy (non-hydrogen) atoms. The van der Waals surface area contributed by atoms with Crippen molar-refractivity contribution in [1.82, 2.24) is 0 Å². The summed E-state index contributed by atoms with van der Waals surface area (Å²) in [5.74, 6) is -1.72. The summed E-state index contributed by atoms with van der Waals surface area (Å²) in [6.07, 6.45) is 33.0. The van der Waals surface area contributed by atoms with E-state index in [1.165, 1.54) is 0 Å². The number of unbranched alkanes of at least 4 members (excludes halogenated alkanes) is 1. The Morgan fingerprint density at radius 3 is 1.52 bits per heavy atom. The molecule has 0 fully saturated rings. The zero-order valence-corrected chi connectivity index (χ0v) is 18.3. The summed E-state index contributed by atoms with van der Waals surface area (Å²) in [6.45, 7) is 2.46. The third-order valence-electron chi connectivity index (χ3n) is 3.91. The van der Waals surface area contributed by atoms with E-state index in [0.29, 0.717) is 6.61 Å². The minimum atomic E-state index is -1.23. The van der Waals surface area contributed by atoms with Crippen LogP contribution in [0.1, 0.15) is 78.6 Å². The first-order valence-electron chi connectivity index (χ1n) is 10.9. The highest BCUT2D eigenvalue weighted by Gasteiger charge is 2.01. The van der Waals surface area contributed by atoms with Gasteiger partial charge in [-0.15, -0.1) is 0 Å². The van der Waals surface area contributed by atoms with E-state index in [1.54, 1.807) is 0 Å². The first-order valence-corrected chi connectivity index (χ1v) is 10.9. The second-order valence-corrected chi connectivity index (χ2v) is 6.65. The Balaban J connectivity index is 0. The Morgan fingerprint density at radius 1 is 0.677 bits per heavy atom. The van der Waals surface area contributed by atoms with Crippen molar-refractivity contribution in [3.8, 4) is 0 Å². The van der Waals surface area contributed by atoms with Gasteiger partial charge in [-0.1, -0.05) is 87.3 Å². The molecule has 0 aliphatic heterocycles. The van der Waals surface area contributed by atoms with Crippen LogP contribution in [0.4, 0.5) is 0 Å². The van der Waals surface area contributed by atoms with E-state index >= 15 is 0 Å². The number of esters is 1. The summed E-state index contributed by atoms with van der Waals surface area (Å²) in [6, 6.07) is 0. The lowest BCUT2D eigenvalue weighted by atomic mass is 10.2. The number of rotatable bonds is 18. The van der Waals surface area contributed by atoms with Gasteiger partial charge in [-0.3, -0.25) is 4.79 Å². The number of aliphatic carboxylic acids is 1. The third-order valence-corrected chi connectivity index (χ3v) is 3.91. The molecule has 0 bridgehead atoms. The summed E-state index contributed by atoms with van der Waals surface area (Å²) >= 11 is 0. The maximum absolute atomic E-state index is 11.2. The number of carboxylic acid groups (broad SMARTS) is 1. The van der Waals surface area contributed by atoms with Crippen molar-refractivity contribution in [3.63, 3.8) is 0 Å². The van der Waals surface area contributed by atoms with Gasteiger partial charge < -0.3 is 14.6 Å². The Morgan fingerprint density at radius 2 is 1.10 bits per heavy atom. The summed E-state index contributed by atoms with van der Waals surface area (Å²) < 4.78 is 4.93. The van der Waals surface area contributed by atoms with Crippen LogP contribution in [0.15, 0.2) is 72.9 Å². The predicted octanol–water partition coefficient (Wildman–Crippen LogP) is 6.17. The molecular weight excluding hydrogens is 388 g/mol. The molecule has 0 radical (unpaired) electrons. The van der Waals surface area contributed by atoms with E-state index in [1.807, 2.05) is 0 Å². The lowest BCUT2D eigenvalue weighted by Gasteiger charge is -2.03. The van der Waals surface area contributed by atoms with Crippen LogP contribution in [0, 0.1) is 0 Å². The fourth-order valence-corrected chi connectivity index (χ4v) is 2.30. The molecule has 0 amide bonds. The SMILES string of the molecule is C.CC/C=C\C/C=C\C/C=C\C/C=C\C/C=C\C/C=C\CCCOC(=O)CCC(=O)[O-]. The zero-order valence-electron chi connectivity index (χ0n) is 18.3. The molecule has 4 nitrogen and oxygen atoms in total. The van der Waals surface area contributed by atoms with E-state index in [0.717, 1.165) is 51.4 Å². The van der Waals surface area contributed by atoms with Crippen molar-refractivity contribution in [2.24, 2.45) is 0 Å². The molecule has 0 unspecified atom stereocenters. The minimum Gasteiger partial charge on any atom is -0.550 e. The first-order chi connectivity index (χ1) is 14.7. The molecule has 0 saturated carbocycles. The van der Waals surface area contributed by atoms with E-state index < -0.39 is 11.9 Å². The Kier molecular flexibility index (Phi) is 25.1. The first kappa shape index (κ1) is 30.6. The summed E-state index contributed by atoms with van der Waals surface area (Å²) in [7, 11) is 0. The standard InChI is InChI=1S/C26H38O4.CH4/c1-2-3-4-5-6-7-8-9-10-11-12-13-14-15-16-17-18-19-20-21-24-30-26(29)23-22-25(27)28;/h3-4,6-7,9-10,12-13,15-16,18-19H,2,5,8,11,14,17,20-24H2,1H3,(H,27,28);1H4/p-1/b4-3-,7-6-,10-9-,13-12-,16-15-,19-18-;. The Bertz CT molecular complexity index is 607. The smallest absolute Gasteiger partial charge is 0.306 e. The monoisotopic (exact) mass is 429 g/mol. The van der Waals surface area contributed by atoms with Gasteiger partial charge in [0.2, 0.25) is 0 Å². The maximum Gasteiger partial charge on any atom is 0.306 e. The number of carbonyl (C=O) groups is 2. The van der Waals surface area contributed by atoms with Gasteiger partial charge in [0.15, 0.2) is 0 Å². The average molecular weight is 430 g/mol. The fraction of sp³-hybridized carbons (Fsp3) is 0.481. The zero-order chi connectivity index (χ0) is 22.1. The molecule has 0 aromatic carbocycles. The molecule has 4 heteroatoms. The van der Waals surface area contributed by atoms with Crippen LogP contribution in [0.2, 0.25) is 0 Å². The van der Waals surface area contributed by atoms with Gasteiger partial charge in [0.25, 0.3) is 0 Å². The van der Waals surface area contributed by atoms with Crippen molar-refractivity contribution in [2.45, 2.75) is 78.6 Å². The van der Waals surface area contributed by atoms with Crippen LogP contribution >= 0.6 is 0 Å². The van der Waals surface area contributed by atoms with Gasteiger partial charge in [0.1, 0.15) is 0 Å². The summed E-state index contributed by atoms with van der Waals surface area (Å²) in [5, 5.41) is 10.2. The predicted molar refractivity (Wildman–Crippen MR) is 129 cm³/mol. The van der Waals surface area contributed by atoms with E-state index in [-0.39, 0.29) is 20.3 Å². The number of allylic oxidation sites excluding steroid dienone is 12. The van der Waals surface area contributed by atoms with Crippen LogP contribution in [-0.4, -0.2) is 18.5 Å². The van der Waals surface area contributed by atoms with Crippen molar-refractivity contribution in [1.29, 1.82) is 0 Å². The second-order valence-electron chi connectivity index (χ2n) is 6.65. The molecular formula is C27H41O4-. The average Bonchev–Trinajstić information content (AvgIpc) is 2.73. The molecule has 0 aliphatic rings. The lowest BCUT2D eigenvalue weighted by molar-refractivity contribution is -0.305. The fourth-order valence-electron chi connectivity index (χ4n) is 2.30. The van der Waals surface area contributed by atoms with Crippen LogP contribution < -0.4 is 5.11 Å². The Labute approximate surface area is 189 Å². The quantitative estimate of drug-likeness (QED) is 0.148. The van der Waals surface area contributed by atoms with Gasteiger partial charge in [-0.05, 0) is 57.8 Å². The van der Waals surface area contributed by atoms with Gasteiger partial charge in [0.05, 0.1) is 13.0 Å². The highest BCUT2D eigenvalue weighted by atomic mass is 16.5. The number of carbonyl (C=O) groups excluding carboxylic acids is 2. The molecule has 0 spiro atoms. The molecule has 0 aliphatic carbocycles. The van der Waals surface area contributed by atoms with Crippen LogP contribution in [0.3, 0.4) is 0 Å². The minimum absolute atomic E-state index is 0. The molecule has 0 aromatic rings. The second kappa shape index (κ2) is 25.4. The molecule has 174 valence electrons. The van der Waals surface area contributed by atoms with Crippen LogP contribution in [0.5, 0.6) is 0 Å². The lowest BCUT2D eigenvalue weighted by Crippen LogP contribution is -2.23. The van der Waals surface area contributed by atoms with Gasteiger partial charge in [-0.25, -0.2) is 0 Å². The Hall–Kier alpha value is -2.62. The van der Waals surface area contributed by atoms with E-state index in [2.05, 4.69) is 79.8 Å². The molecule has 0 aromatic heterocycles. The molecule has 0 heterocycles. The summed E-state index contributed by atoms with van der Waals surface area (Å²) in [5.41, 5.74) is 0. The van der Waals surface area contributed by atoms with Crippen molar-refractivity contribution >= 4 is 11.9 Å². The van der Waals surface area contributed by atoms with Crippen molar-refractivity contribution in [2.75, 3.05) is 6.61 Å². The maximum atomic E-state index is 11.2. The third kappa shape index (κ3) is 27.4. The molecule has 0 atom stereocenters. The van der Waals surface area contributed by atoms with Gasteiger partial charge in [-0.2, -0.15) is 0 Å². The van der Waals surface area contributed by atoms with E-state index in [4.69, 9.17) is 4.74 Å². The highest BCUT2D eigenvalue weighted by molar-refractivity contribution is 5.75. The van der Waals surface area contributed by atoms with Crippen molar-refractivity contribution < 1.29 is 19.4 Å². The number of hydrogen-bond acceptors (Lipinski definition) is 4. The molecule has 0 rings (SSSR count). The van der Waals surface area contributed by atoms with E-state index in [9.17, 15) is 14.7 Å². The van der Waals surface area contributed by atoms with Gasteiger partial charge in [0, 0.05) is 5.97 Å². The van der Waals surface area contributed by atoms with Crippen molar-refractivity contribution in [3.05, 3.63) is 72.9 Å².